The maximum Gasteiger partial charge on any atom is 0.0457 e. The van der Waals surface area contributed by atoms with Gasteiger partial charge in [0.15, 0.2) is 0 Å². The molecule has 4 aromatic rings. The highest BCUT2D eigenvalue weighted by Crippen LogP contribution is 2.38. The molecule has 3 nitrogen and oxygen atoms in total. The minimum Gasteiger partial charge on any atom is -0.390 e. The molecule has 0 aliphatic rings. The molecule has 1 aromatic heterocycles. The zero-order valence-corrected chi connectivity index (χ0v) is 25.8. The van der Waals surface area contributed by atoms with Crippen LogP contribution in [0.2, 0.25) is 0 Å². The fourth-order valence-corrected chi connectivity index (χ4v) is 5.93. The lowest BCUT2D eigenvalue weighted by atomic mass is 9.84. The van der Waals surface area contributed by atoms with Crippen molar-refractivity contribution in [3.63, 3.8) is 0 Å². The summed E-state index contributed by atoms with van der Waals surface area (Å²) in [6.07, 6.45) is 6.74. The lowest BCUT2D eigenvalue weighted by Gasteiger charge is -2.22. The van der Waals surface area contributed by atoms with Crippen LogP contribution in [0.4, 0.5) is 0 Å². The molecule has 0 radical (unpaired) electrons. The lowest BCUT2D eigenvalue weighted by molar-refractivity contribution is 0.654. The van der Waals surface area contributed by atoms with E-state index in [2.05, 4.69) is 129 Å². The molecule has 1 heterocycles. The third-order valence-electron chi connectivity index (χ3n) is 8.23. The monoisotopic (exact) mass is 557 g/mol. The molecule has 0 bridgehead atoms. The molecule has 0 fully saturated rings. The van der Waals surface area contributed by atoms with Crippen LogP contribution in [-0.2, 0) is 12.8 Å². The molecule has 218 valence electrons. The highest BCUT2D eigenvalue weighted by molar-refractivity contribution is 5.84. The quantitative estimate of drug-likeness (QED) is 0.135. The number of nitrogens with one attached hydrogen (secondary N) is 2. The van der Waals surface area contributed by atoms with Gasteiger partial charge in [0, 0.05) is 48.9 Å². The van der Waals surface area contributed by atoms with Crippen LogP contribution in [0, 0.1) is 13.8 Å². The van der Waals surface area contributed by atoms with Crippen molar-refractivity contribution in [1.82, 2.24) is 15.6 Å². The third kappa shape index (κ3) is 8.08. The van der Waals surface area contributed by atoms with Crippen molar-refractivity contribution in [3.05, 3.63) is 143 Å². The van der Waals surface area contributed by atoms with E-state index in [-0.39, 0.29) is 0 Å². The average Bonchev–Trinajstić information content (AvgIpc) is 3.03. The van der Waals surface area contributed by atoms with Gasteiger partial charge < -0.3 is 10.6 Å². The van der Waals surface area contributed by atoms with Crippen molar-refractivity contribution < 1.29 is 0 Å². The van der Waals surface area contributed by atoms with Gasteiger partial charge in [-0.3, -0.25) is 4.98 Å². The Hall–Kier alpha value is -3.95. The van der Waals surface area contributed by atoms with Crippen LogP contribution < -0.4 is 10.6 Å². The number of aromatic nitrogens is 1. The maximum atomic E-state index is 5.15. The van der Waals surface area contributed by atoms with Gasteiger partial charge in [-0.05, 0) is 84.7 Å². The molecule has 2 N–H and O–H groups in total. The van der Waals surface area contributed by atoms with Crippen molar-refractivity contribution in [2.45, 2.75) is 58.8 Å². The van der Waals surface area contributed by atoms with Crippen LogP contribution in [0.25, 0.3) is 16.7 Å². The molecule has 4 rings (SSSR count). The second-order valence-electron chi connectivity index (χ2n) is 11.1. The largest absolute Gasteiger partial charge is 0.390 e. The summed E-state index contributed by atoms with van der Waals surface area (Å²) in [4.78, 5) is 5.15. The van der Waals surface area contributed by atoms with E-state index in [9.17, 15) is 0 Å². The van der Waals surface area contributed by atoms with E-state index < -0.39 is 0 Å². The Morgan fingerprint density at radius 3 is 2.10 bits per heavy atom. The van der Waals surface area contributed by atoms with Crippen molar-refractivity contribution in [2.24, 2.45) is 0 Å². The number of hydrogen-bond acceptors (Lipinski definition) is 3. The maximum absolute atomic E-state index is 5.15. The normalized spacial score (nSPS) is 11.0. The molecule has 3 heteroatoms. The first-order valence-corrected chi connectivity index (χ1v) is 15.5. The summed E-state index contributed by atoms with van der Waals surface area (Å²) in [5.74, 6) is 0.374. The molecule has 0 unspecified atom stereocenters. The highest BCUT2D eigenvalue weighted by Gasteiger charge is 2.20. The van der Waals surface area contributed by atoms with Gasteiger partial charge in [0.25, 0.3) is 0 Å². The van der Waals surface area contributed by atoms with E-state index in [0.29, 0.717) is 5.92 Å². The first-order valence-electron chi connectivity index (χ1n) is 15.5. The number of aryl methyl sites for hydroxylation is 2. The molecule has 0 amide bonds. The lowest BCUT2D eigenvalue weighted by Crippen LogP contribution is -2.26. The van der Waals surface area contributed by atoms with Gasteiger partial charge in [-0.15, -0.1) is 0 Å². The van der Waals surface area contributed by atoms with Crippen molar-refractivity contribution in [3.8, 4) is 11.1 Å². The predicted octanol–water partition coefficient (Wildman–Crippen LogP) is 8.81. The summed E-state index contributed by atoms with van der Waals surface area (Å²) in [6.45, 7) is 17.6. The van der Waals surface area contributed by atoms with E-state index in [1.54, 1.807) is 6.20 Å². The third-order valence-corrected chi connectivity index (χ3v) is 8.23. The molecule has 3 aromatic carbocycles. The standard InChI is InChI=1S/C39H47N3/c1-6-32-21-23-35(24-22-32)39-30(4)37(25-26-41-28-27-40-7-2)42-31(5)38(39)29(3)15-14-20-36(33-16-10-8-11-17-33)34-18-12-9-13-19-34/h7-13,16-19,21-24,36,40-41H,2-3,6,14-15,20,25-28H2,1,4-5H3. The van der Waals surface area contributed by atoms with E-state index in [1.165, 1.54) is 44.5 Å². The number of pyridine rings is 1. The Kier molecular flexibility index (Phi) is 11.7. The summed E-state index contributed by atoms with van der Waals surface area (Å²) in [5.41, 5.74) is 12.5. The van der Waals surface area contributed by atoms with Crippen LogP contribution >= 0.6 is 0 Å². The Bertz CT molecular complexity index is 1380. The number of nitrogens with zero attached hydrogens (tertiary/aromatic N) is 1. The second kappa shape index (κ2) is 15.9. The summed E-state index contributed by atoms with van der Waals surface area (Å²) in [5, 5.41) is 6.67. The summed E-state index contributed by atoms with van der Waals surface area (Å²) < 4.78 is 0. The average molecular weight is 558 g/mol. The topological polar surface area (TPSA) is 37.0 Å². The molecule has 0 saturated heterocycles. The molecular formula is C39H47N3. The summed E-state index contributed by atoms with van der Waals surface area (Å²) in [6, 6.07) is 30.9. The Labute approximate surface area is 253 Å². The van der Waals surface area contributed by atoms with Gasteiger partial charge in [0.1, 0.15) is 0 Å². The summed E-state index contributed by atoms with van der Waals surface area (Å²) in [7, 11) is 0. The Balaban J connectivity index is 1.57. The van der Waals surface area contributed by atoms with Crippen LogP contribution in [0.5, 0.6) is 0 Å². The van der Waals surface area contributed by atoms with Gasteiger partial charge in [0.2, 0.25) is 0 Å². The SMILES string of the molecule is C=CNCCNCCc1nc(C)c(C(=C)CCCC(c2ccccc2)c2ccccc2)c(-c2ccc(CC)cc2)c1C. The number of benzene rings is 3. The van der Waals surface area contributed by atoms with Crippen LogP contribution in [0.1, 0.15) is 71.3 Å². The van der Waals surface area contributed by atoms with Gasteiger partial charge in [0.05, 0.1) is 0 Å². The fourth-order valence-electron chi connectivity index (χ4n) is 5.93. The van der Waals surface area contributed by atoms with E-state index in [4.69, 9.17) is 4.98 Å². The van der Waals surface area contributed by atoms with Crippen molar-refractivity contribution in [2.75, 3.05) is 19.6 Å². The Morgan fingerprint density at radius 1 is 0.857 bits per heavy atom. The first-order chi connectivity index (χ1) is 20.5. The van der Waals surface area contributed by atoms with Crippen molar-refractivity contribution in [1.29, 1.82) is 0 Å². The van der Waals surface area contributed by atoms with Crippen LogP contribution in [0.3, 0.4) is 0 Å². The summed E-state index contributed by atoms with van der Waals surface area (Å²) >= 11 is 0. The van der Waals surface area contributed by atoms with Crippen LogP contribution in [-0.4, -0.2) is 24.6 Å². The van der Waals surface area contributed by atoms with Gasteiger partial charge in [-0.25, -0.2) is 0 Å². The number of allylic oxidation sites excluding steroid dienone is 1. The van der Waals surface area contributed by atoms with Gasteiger partial charge in [-0.2, -0.15) is 0 Å². The first kappa shape index (κ1) is 31.0. The molecule has 0 spiro atoms. The molecule has 42 heavy (non-hydrogen) atoms. The fraction of sp³-hybridized carbons (Fsp3) is 0.308. The predicted molar refractivity (Wildman–Crippen MR) is 181 cm³/mol. The smallest absolute Gasteiger partial charge is 0.0457 e. The van der Waals surface area contributed by atoms with Crippen molar-refractivity contribution >= 4 is 5.57 Å². The van der Waals surface area contributed by atoms with E-state index >= 15 is 0 Å². The van der Waals surface area contributed by atoms with Crippen LogP contribution in [0.15, 0.2) is 104 Å². The molecule has 0 atom stereocenters. The Morgan fingerprint density at radius 2 is 1.50 bits per heavy atom. The second-order valence-corrected chi connectivity index (χ2v) is 11.1. The van der Waals surface area contributed by atoms with E-state index in [0.717, 1.165) is 63.1 Å². The minimum atomic E-state index is 0.374. The minimum absolute atomic E-state index is 0.374. The highest BCUT2D eigenvalue weighted by atomic mass is 14.9. The number of rotatable bonds is 16. The molecule has 0 saturated carbocycles. The van der Waals surface area contributed by atoms with Gasteiger partial charge in [-0.1, -0.05) is 105 Å². The zero-order chi connectivity index (χ0) is 29.7. The van der Waals surface area contributed by atoms with Gasteiger partial charge >= 0.3 is 0 Å². The zero-order valence-electron chi connectivity index (χ0n) is 25.8. The molecule has 0 aliphatic heterocycles. The van der Waals surface area contributed by atoms with E-state index in [1.807, 2.05) is 0 Å². The molecular weight excluding hydrogens is 510 g/mol. The number of hydrogen-bond donors (Lipinski definition) is 2. The molecule has 0 aliphatic carbocycles.